The van der Waals surface area contributed by atoms with E-state index >= 15 is 0 Å². The molecular formula is C14H20N4O3S. The number of sulfonamides is 1. The first kappa shape index (κ1) is 15.2. The molecule has 1 N–H and O–H groups in total. The van der Waals surface area contributed by atoms with E-state index in [9.17, 15) is 8.42 Å². The van der Waals surface area contributed by atoms with Gasteiger partial charge in [-0.1, -0.05) is 5.16 Å². The fourth-order valence-electron chi connectivity index (χ4n) is 3.09. The summed E-state index contributed by atoms with van der Waals surface area (Å²) < 4.78 is 34.3. The van der Waals surface area contributed by atoms with Crippen molar-refractivity contribution in [1.82, 2.24) is 19.7 Å². The minimum absolute atomic E-state index is 0.122. The van der Waals surface area contributed by atoms with Gasteiger partial charge in [0.15, 0.2) is 5.76 Å². The highest BCUT2D eigenvalue weighted by Gasteiger charge is 2.25. The van der Waals surface area contributed by atoms with Crippen LogP contribution in [0, 0.1) is 13.8 Å². The molecule has 0 aromatic carbocycles. The van der Waals surface area contributed by atoms with Gasteiger partial charge in [0.05, 0.1) is 12.2 Å². The van der Waals surface area contributed by atoms with Crippen LogP contribution in [-0.2, 0) is 36.5 Å². The van der Waals surface area contributed by atoms with Crippen LogP contribution < -0.4 is 4.72 Å². The highest BCUT2D eigenvalue weighted by molar-refractivity contribution is 7.89. The molecule has 22 heavy (non-hydrogen) atoms. The standard InChI is InChI=1S/C14H20N4O3S/c1-9-14(10(2)21-17-9)22(19,20)15-8-12-11-6-4-5-7-13(11)18(3)16-12/h15H,4-8H2,1-3H3. The normalized spacial score (nSPS) is 15.0. The van der Waals surface area contributed by atoms with Crippen molar-refractivity contribution < 1.29 is 12.9 Å². The maximum atomic E-state index is 12.4. The number of aryl methyl sites for hydroxylation is 3. The van der Waals surface area contributed by atoms with E-state index in [4.69, 9.17) is 4.52 Å². The molecule has 8 heteroatoms. The summed E-state index contributed by atoms with van der Waals surface area (Å²) in [6.45, 7) is 3.40. The van der Waals surface area contributed by atoms with E-state index in [1.165, 1.54) is 11.3 Å². The Hall–Kier alpha value is -1.67. The second-order valence-electron chi connectivity index (χ2n) is 5.68. The number of nitrogens with zero attached hydrogens (tertiary/aromatic N) is 3. The van der Waals surface area contributed by atoms with Crippen molar-refractivity contribution in [3.63, 3.8) is 0 Å². The largest absolute Gasteiger partial charge is 0.360 e. The van der Waals surface area contributed by atoms with E-state index in [2.05, 4.69) is 15.0 Å². The molecule has 0 amide bonds. The van der Waals surface area contributed by atoms with E-state index < -0.39 is 10.0 Å². The summed E-state index contributed by atoms with van der Waals surface area (Å²) in [5.41, 5.74) is 3.59. The average Bonchev–Trinajstić information content (AvgIpc) is 2.98. The molecule has 0 bridgehead atoms. The van der Waals surface area contributed by atoms with Gasteiger partial charge in [-0.3, -0.25) is 4.68 Å². The van der Waals surface area contributed by atoms with Crippen LogP contribution in [0.3, 0.4) is 0 Å². The molecule has 3 rings (SSSR count). The fourth-order valence-corrected chi connectivity index (χ4v) is 4.41. The first-order valence-corrected chi connectivity index (χ1v) is 8.84. The molecule has 0 aliphatic heterocycles. The van der Waals surface area contributed by atoms with Gasteiger partial charge in [-0.05, 0) is 45.1 Å². The Labute approximate surface area is 129 Å². The molecule has 2 aromatic heterocycles. The summed E-state index contributed by atoms with van der Waals surface area (Å²) in [5.74, 6) is 0.299. The molecular weight excluding hydrogens is 304 g/mol. The lowest BCUT2D eigenvalue weighted by atomic mass is 9.96. The number of rotatable bonds is 4. The zero-order valence-corrected chi connectivity index (χ0v) is 13.8. The van der Waals surface area contributed by atoms with E-state index in [1.54, 1.807) is 13.8 Å². The van der Waals surface area contributed by atoms with Crippen LogP contribution in [0.25, 0.3) is 0 Å². The van der Waals surface area contributed by atoms with Crippen molar-refractivity contribution in [2.24, 2.45) is 7.05 Å². The molecule has 2 heterocycles. The molecule has 0 spiro atoms. The minimum Gasteiger partial charge on any atom is -0.360 e. The smallest absolute Gasteiger partial charge is 0.246 e. The Morgan fingerprint density at radius 3 is 2.68 bits per heavy atom. The molecule has 0 saturated carbocycles. The first-order chi connectivity index (χ1) is 10.4. The molecule has 1 aliphatic carbocycles. The van der Waals surface area contributed by atoms with E-state index in [1.807, 2.05) is 11.7 Å². The van der Waals surface area contributed by atoms with E-state index in [0.717, 1.165) is 31.4 Å². The SMILES string of the molecule is Cc1noc(C)c1S(=O)(=O)NCc1nn(C)c2c1CCCC2. The van der Waals surface area contributed by atoms with Crippen LogP contribution in [0.5, 0.6) is 0 Å². The average molecular weight is 324 g/mol. The number of fused-ring (bicyclic) bond motifs is 1. The Morgan fingerprint density at radius 2 is 2.00 bits per heavy atom. The number of nitrogens with one attached hydrogen (secondary N) is 1. The predicted octanol–water partition coefficient (Wildman–Crippen LogP) is 1.38. The second kappa shape index (κ2) is 5.51. The third-order valence-electron chi connectivity index (χ3n) is 4.11. The lowest BCUT2D eigenvalue weighted by molar-refractivity contribution is 0.390. The summed E-state index contributed by atoms with van der Waals surface area (Å²) in [7, 11) is -1.74. The summed E-state index contributed by atoms with van der Waals surface area (Å²) in [5, 5.41) is 8.17. The van der Waals surface area contributed by atoms with Crippen molar-refractivity contribution in [2.75, 3.05) is 0 Å². The molecule has 0 fully saturated rings. The Morgan fingerprint density at radius 1 is 1.27 bits per heavy atom. The van der Waals surface area contributed by atoms with Crippen LogP contribution in [0.1, 0.15) is 41.2 Å². The predicted molar refractivity (Wildman–Crippen MR) is 79.9 cm³/mol. The van der Waals surface area contributed by atoms with Crippen LogP contribution >= 0.6 is 0 Å². The van der Waals surface area contributed by atoms with Gasteiger partial charge >= 0.3 is 0 Å². The maximum Gasteiger partial charge on any atom is 0.246 e. The minimum atomic E-state index is -3.65. The molecule has 120 valence electrons. The third kappa shape index (κ3) is 2.56. The highest BCUT2D eigenvalue weighted by atomic mass is 32.2. The summed E-state index contributed by atoms with van der Waals surface area (Å²) in [6.07, 6.45) is 4.26. The highest BCUT2D eigenvalue weighted by Crippen LogP contribution is 2.24. The van der Waals surface area contributed by atoms with Crippen molar-refractivity contribution in [3.8, 4) is 0 Å². The summed E-state index contributed by atoms with van der Waals surface area (Å²) in [6, 6.07) is 0. The Balaban J connectivity index is 1.84. The van der Waals surface area contributed by atoms with E-state index in [0.29, 0.717) is 11.5 Å². The lowest BCUT2D eigenvalue weighted by Crippen LogP contribution is -2.25. The summed E-state index contributed by atoms with van der Waals surface area (Å²) >= 11 is 0. The van der Waals surface area contributed by atoms with Crippen molar-refractivity contribution in [3.05, 3.63) is 28.4 Å². The third-order valence-corrected chi connectivity index (χ3v) is 5.76. The molecule has 0 unspecified atom stereocenters. The molecule has 0 radical (unpaired) electrons. The monoisotopic (exact) mass is 324 g/mol. The number of hydrogen-bond acceptors (Lipinski definition) is 5. The zero-order chi connectivity index (χ0) is 15.9. The van der Waals surface area contributed by atoms with Crippen molar-refractivity contribution in [2.45, 2.75) is 51.0 Å². The lowest BCUT2D eigenvalue weighted by Gasteiger charge is -2.12. The van der Waals surface area contributed by atoms with Gasteiger partial charge in [-0.2, -0.15) is 5.10 Å². The van der Waals surface area contributed by atoms with Gasteiger partial charge in [0, 0.05) is 12.7 Å². The van der Waals surface area contributed by atoms with Crippen LogP contribution in [-0.4, -0.2) is 23.4 Å². The first-order valence-electron chi connectivity index (χ1n) is 7.36. The molecule has 7 nitrogen and oxygen atoms in total. The van der Waals surface area contributed by atoms with Gasteiger partial charge in [-0.25, -0.2) is 13.1 Å². The number of hydrogen-bond donors (Lipinski definition) is 1. The molecule has 0 saturated heterocycles. The van der Waals surface area contributed by atoms with Crippen LogP contribution in [0.15, 0.2) is 9.42 Å². The Kier molecular flexibility index (Phi) is 3.82. The van der Waals surface area contributed by atoms with Crippen LogP contribution in [0.2, 0.25) is 0 Å². The second-order valence-corrected chi connectivity index (χ2v) is 7.38. The summed E-state index contributed by atoms with van der Waals surface area (Å²) in [4.78, 5) is 0.122. The van der Waals surface area contributed by atoms with Crippen molar-refractivity contribution >= 4 is 10.0 Å². The van der Waals surface area contributed by atoms with E-state index in [-0.39, 0.29) is 11.4 Å². The van der Waals surface area contributed by atoms with Gasteiger partial charge in [0.25, 0.3) is 0 Å². The van der Waals surface area contributed by atoms with Gasteiger partial charge < -0.3 is 4.52 Å². The van der Waals surface area contributed by atoms with Crippen LogP contribution in [0.4, 0.5) is 0 Å². The Bertz CT molecular complexity index is 785. The van der Waals surface area contributed by atoms with Gasteiger partial charge in [0.2, 0.25) is 10.0 Å². The van der Waals surface area contributed by atoms with Gasteiger partial charge in [0.1, 0.15) is 10.6 Å². The molecule has 2 aromatic rings. The molecule has 0 atom stereocenters. The number of aromatic nitrogens is 3. The van der Waals surface area contributed by atoms with Gasteiger partial charge in [-0.15, -0.1) is 0 Å². The zero-order valence-electron chi connectivity index (χ0n) is 13.0. The maximum absolute atomic E-state index is 12.4. The quantitative estimate of drug-likeness (QED) is 0.917. The topological polar surface area (TPSA) is 90.0 Å². The molecule has 1 aliphatic rings. The fraction of sp³-hybridized carbons (Fsp3) is 0.571. The van der Waals surface area contributed by atoms with Crippen molar-refractivity contribution in [1.29, 1.82) is 0 Å².